The third-order valence-electron chi connectivity index (χ3n) is 6.51. The van der Waals surface area contributed by atoms with Gasteiger partial charge < -0.3 is 31.8 Å². The van der Waals surface area contributed by atoms with Gasteiger partial charge in [-0.05, 0) is 55.1 Å². The van der Waals surface area contributed by atoms with Crippen molar-refractivity contribution in [3.05, 3.63) is 22.8 Å². The Balaban J connectivity index is -0.00000196. The first-order chi connectivity index (χ1) is 12.6. The molecule has 0 aromatic heterocycles. The number of hydrogen-bond donors (Lipinski definition) is 2. The second-order valence-electron chi connectivity index (χ2n) is 9.99. The van der Waals surface area contributed by atoms with Crippen molar-refractivity contribution in [3.63, 3.8) is 0 Å². The molecule has 1 unspecified atom stereocenters. The Labute approximate surface area is 196 Å². The van der Waals surface area contributed by atoms with E-state index in [9.17, 15) is 5.11 Å². The van der Waals surface area contributed by atoms with Crippen molar-refractivity contribution in [2.24, 2.45) is 23.2 Å². The van der Waals surface area contributed by atoms with E-state index in [2.05, 4.69) is 63.9 Å². The molecular weight excluding hydrogens is 416 g/mol. The number of nitrogens with zero attached hydrogens (tertiary/aromatic N) is 1. The van der Waals surface area contributed by atoms with E-state index in [4.69, 9.17) is 11.6 Å². The van der Waals surface area contributed by atoms with Gasteiger partial charge in [0, 0.05) is 30.7 Å². The SMILES string of the molecule is C.CC(C)C(O)CN[C@@H](CN1CC[C@H](C2=CC=C(Cl)CC2)C(C)(C)C1)C(C)C.O.O.O. The maximum atomic E-state index is 10.1. The third-order valence-corrected chi connectivity index (χ3v) is 6.82. The molecule has 3 atom stereocenters. The highest BCUT2D eigenvalue weighted by molar-refractivity contribution is 6.29. The maximum Gasteiger partial charge on any atom is 0.0687 e. The van der Waals surface area contributed by atoms with E-state index in [1.54, 1.807) is 5.57 Å². The smallest absolute Gasteiger partial charge is 0.0687 e. The minimum Gasteiger partial charge on any atom is -0.412 e. The molecule has 7 heteroatoms. The van der Waals surface area contributed by atoms with Crippen LogP contribution in [-0.2, 0) is 0 Å². The summed E-state index contributed by atoms with van der Waals surface area (Å²) in [7, 11) is 0. The highest BCUT2D eigenvalue weighted by Crippen LogP contribution is 2.42. The molecule has 6 nitrogen and oxygen atoms in total. The lowest BCUT2D eigenvalue weighted by Gasteiger charge is -2.47. The van der Waals surface area contributed by atoms with Gasteiger partial charge in [-0.15, -0.1) is 0 Å². The maximum absolute atomic E-state index is 10.1. The van der Waals surface area contributed by atoms with Gasteiger partial charge in [-0.3, -0.25) is 0 Å². The van der Waals surface area contributed by atoms with Crippen molar-refractivity contribution < 1.29 is 21.5 Å². The zero-order valence-electron chi connectivity index (χ0n) is 19.8. The van der Waals surface area contributed by atoms with Crippen molar-refractivity contribution in [1.82, 2.24) is 10.2 Å². The normalized spacial score (nSPS) is 22.7. The number of rotatable bonds is 8. The molecule has 31 heavy (non-hydrogen) atoms. The number of aliphatic hydroxyl groups excluding tert-OH is 1. The minimum absolute atomic E-state index is 0. The predicted octanol–water partition coefficient (Wildman–Crippen LogP) is 2.97. The average Bonchev–Trinajstić information content (AvgIpc) is 2.58. The summed E-state index contributed by atoms with van der Waals surface area (Å²) in [6.07, 6.45) is 7.45. The number of likely N-dealkylation sites (tertiary alicyclic amines) is 1. The molecule has 0 aromatic rings. The van der Waals surface area contributed by atoms with Crippen LogP contribution in [0, 0.1) is 23.2 Å². The van der Waals surface area contributed by atoms with E-state index in [0.717, 1.165) is 37.5 Å². The molecule has 0 radical (unpaired) electrons. The number of halogens is 1. The summed E-state index contributed by atoms with van der Waals surface area (Å²) in [5.74, 6) is 1.51. The van der Waals surface area contributed by atoms with Crippen molar-refractivity contribution in [3.8, 4) is 0 Å². The van der Waals surface area contributed by atoms with Crippen LogP contribution in [0.3, 0.4) is 0 Å². The van der Waals surface area contributed by atoms with E-state index in [0.29, 0.717) is 30.3 Å². The third kappa shape index (κ3) is 10.3. The first-order valence-electron chi connectivity index (χ1n) is 10.8. The summed E-state index contributed by atoms with van der Waals surface area (Å²) in [5, 5.41) is 14.8. The summed E-state index contributed by atoms with van der Waals surface area (Å²) < 4.78 is 0. The fourth-order valence-corrected chi connectivity index (χ4v) is 4.68. The van der Waals surface area contributed by atoms with Crippen LogP contribution in [0.15, 0.2) is 22.8 Å². The second-order valence-corrected chi connectivity index (χ2v) is 10.5. The van der Waals surface area contributed by atoms with Gasteiger partial charge in [0.25, 0.3) is 0 Å². The van der Waals surface area contributed by atoms with Crippen LogP contribution >= 0.6 is 11.6 Å². The Morgan fingerprint density at radius 2 is 1.71 bits per heavy atom. The molecule has 1 aliphatic heterocycles. The van der Waals surface area contributed by atoms with Gasteiger partial charge in [0.15, 0.2) is 0 Å². The summed E-state index contributed by atoms with van der Waals surface area (Å²) >= 11 is 6.16. The Morgan fingerprint density at radius 1 is 1.10 bits per heavy atom. The second kappa shape index (κ2) is 15.4. The number of allylic oxidation sites excluding steroid dienone is 4. The topological polar surface area (TPSA) is 130 Å². The van der Waals surface area contributed by atoms with Crippen LogP contribution in [0.4, 0.5) is 0 Å². The Morgan fingerprint density at radius 3 is 2.16 bits per heavy atom. The van der Waals surface area contributed by atoms with Gasteiger partial charge in [-0.2, -0.15) is 0 Å². The lowest BCUT2D eigenvalue weighted by molar-refractivity contribution is 0.0563. The molecular formula is C24H51ClN2O4. The molecule has 8 N–H and O–H groups in total. The molecule has 2 aliphatic rings. The van der Waals surface area contributed by atoms with Gasteiger partial charge in [0.1, 0.15) is 0 Å². The molecule has 0 bridgehead atoms. The summed E-state index contributed by atoms with van der Waals surface area (Å²) in [6, 6.07) is 0.418. The van der Waals surface area contributed by atoms with Crippen LogP contribution in [0.1, 0.15) is 68.2 Å². The van der Waals surface area contributed by atoms with Crippen LogP contribution in [0.5, 0.6) is 0 Å². The molecule has 1 fully saturated rings. The predicted molar refractivity (Wildman–Crippen MR) is 135 cm³/mol. The Bertz CT molecular complexity index is 550. The molecule has 0 aromatic carbocycles. The van der Waals surface area contributed by atoms with Gasteiger partial charge in [0.2, 0.25) is 0 Å². The summed E-state index contributed by atoms with van der Waals surface area (Å²) in [6.45, 7) is 17.6. The monoisotopic (exact) mass is 466 g/mol. The molecule has 1 aliphatic carbocycles. The van der Waals surface area contributed by atoms with Crippen LogP contribution in [0.2, 0.25) is 0 Å². The van der Waals surface area contributed by atoms with E-state index < -0.39 is 0 Å². The summed E-state index contributed by atoms with van der Waals surface area (Å²) in [4.78, 5) is 2.63. The summed E-state index contributed by atoms with van der Waals surface area (Å²) in [5.41, 5.74) is 1.86. The van der Waals surface area contributed by atoms with Gasteiger partial charge >= 0.3 is 0 Å². The lowest BCUT2D eigenvalue weighted by Crippen LogP contribution is -2.53. The molecule has 1 heterocycles. The Kier molecular flexibility index (Phi) is 17.4. The largest absolute Gasteiger partial charge is 0.412 e. The van der Waals surface area contributed by atoms with Crippen LogP contribution < -0.4 is 5.32 Å². The zero-order chi connectivity index (χ0) is 20.2. The first kappa shape index (κ1) is 35.1. The zero-order valence-corrected chi connectivity index (χ0v) is 20.5. The quantitative estimate of drug-likeness (QED) is 0.569. The van der Waals surface area contributed by atoms with Gasteiger partial charge in [0.05, 0.1) is 6.10 Å². The standard InChI is InChI=1S/C23H41ClN2O.CH4.3H2O/c1-16(2)21(25-13-22(27)17(3)4)14-26-12-11-20(23(5,6)15-26)18-7-9-19(24)10-8-18;;;;/h7,9,16-17,20-22,25,27H,8,10-15H2,1-6H3;1H4;3*1H2/t20-,21+,22?;;;;/m1..../s1. The van der Waals surface area contributed by atoms with E-state index in [-0.39, 0.29) is 35.4 Å². The molecule has 188 valence electrons. The number of hydrogen-bond acceptors (Lipinski definition) is 3. The van der Waals surface area contributed by atoms with E-state index in [1.165, 1.54) is 6.42 Å². The van der Waals surface area contributed by atoms with Gasteiger partial charge in [-0.1, -0.05) is 72.2 Å². The minimum atomic E-state index is -0.272. The molecule has 0 spiro atoms. The van der Waals surface area contributed by atoms with E-state index >= 15 is 0 Å². The number of piperidine rings is 1. The highest BCUT2D eigenvalue weighted by atomic mass is 35.5. The van der Waals surface area contributed by atoms with Crippen molar-refractivity contribution >= 4 is 11.6 Å². The number of nitrogens with one attached hydrogen (secondary N) is 1. The lowest BCUT2D eigenvalue weighted by atomic mass is 9.68. The van der Waals surface area contributed by atoms with Crippen molar-refractivity contribution in [1.29, 1.82) is 0 Å². The molecule has 1 saturated heterocycles. The Hall–Kier alpha value is -0.470. The van der Waals surface area contributed by atoms with Gasteiger partial charge in [-0.25, -0.2) is 0 Å². The molecule has 0 saturated carbocycles. The number of aliphatic hydroxyl groups is 1. The first-order valence-corrected chi connectivity index (χ1v) is 11.2. The van der Waals surface area contributed by atoms with Crippen molar-refractivity contribution in [2.75, 3.05) is 26.2 Å². The highest BCUT2D eigenvalue weighted by Gasteiger charge is 2.38. The fraction of sp³-hybridized carbons (Fsp3) is 0.833. The van der Waals surface area contributed by atoms with Crippen molar-refractivity contribution in [2.45, 2.75) is 80.4 Å². The van der Waals surface area contributed by atoms with E-state index in [1.807, 2.05) is 0 Å². The van der Waals surface area contributed by atoms with Crippen LogP contribution in [0.25, 0.3) is 0 Å². The molecule has 2 rings (SSSR count). The molecule has 0 amide bonds. The fourth-order valence-electron chi connectivity index (χ4n) is 4.53. The average molecular weight is 467 g/mol. The van der Waals surface area contributed by atoms with Crippen LogP contribution in [-0.4, -0.2) is 64.8 Å².